The minimum Gasteiger partial charge on any atom is -0.379 e. The van der Waals surface area contributed by atoms with Gasteiger partial charge in [-0.2, -0.15) is 0 Å². The van der Waals surface area contributed by atoms with Crippen molar-refractivity contribution in [2.24, 2.45) is 0 Å². The molecule has 5 rings (SSSR count). The molecule has 3 aromatic rings. The molecule has 2 amide bonds. The molecule has 1 saturated heterocycles. The van der Waals surface area contributed by atoms with Crippen molar-refractivity contribution in [3.63, 3.8) is 0 Å². The van der Waals surface area contributed by atoms with Gasteiger partial charge in [-0.1, -0.05) is 30.3 Å². The van der Waals surface area contributed by atoms with Crippen molar-refractivity contribution in [3.05, 3.63) is 94.0 Å². The third-order valence-corrected chi connectivity index (χ3v) is 6.63. The number of amides is 2. The summed E-state index contributed by atoms with van der Waals surface area (Å²) in [5, 5.41) is 17.6. The van der Waals surface area contributed by atoms with Crippen LogP contribution in [-0.2, 0) is 14.3 Å². The predicted molar refractivity (Wildman–Crippen MR) is 146 cm³/mol. The minimum absolute atomic E-state index is 0.0967. The normalized spacial score (nSPS) is 16.4. The zero-order valence-corrected chi connectivity index (χ0v) is 20.6. The molecule has 2 heterocycles. The third-order valence-electron chi connectivity index (χ3n) is 6.63. The van der Waals surface area contributed by atoms with E-state index >= 15 is 0 Å². The number of nitrogens with one attached hydrogen (secondary N) is 2. The van der Waals surface area contributed by atoms with Gasteiger partial charge in [-0.15, -0.1) is 0 Å². The fourth-order valence-electron chi connectivity index (χ4n) is 4.60. The number of non-ortho nitro benzene ring substituents is 1. The highest BCUT2D eigenvalue weighted by Gasteiger charge is 2.30. The van der Waals surface area contributed by atoms with E-state index in [0.717, 1.165) is 37.3 Å². The average Bonchev–Trinajstić information content (AvgIpc) is 3.28. The summed E-state index contributed by atoms with van der Waals surface area (Å²) < 4.78 is 5.38. The topological polar surface area (TPSA) is 117 Å². The number of benzene rings is 3. The molecule has 0 spiro atoms. The molecule has 0 aromatic heterocycles. The number of nitrogens with zero attached hydrogens (tertiary/aromatic N) is 3. The number of rotatable bonds is 9. The van der Waals surface area contributed by atoms with Crippen LogP contribution in [-0.4, -0.2) is 61.5 Å². The first kappa shape index (κ1) is 25.1. The summed E-state index contributed by atoms with van der Waals surface area (Å²) in [5.74, 6) is -0.348. The molecule has 10 nitrogen and oxygen atoms in total. The van der Waals surface area contributed by atoms with Crippen LogP contribution in [0.25, 0.3) is 11.3 Å². The van der Waals surface area contributed by atoms with Gasteiger partial charge in [-0.3, -0.25) is 24.6 Å². The lowest BCUT2D eigenvalue weighted by atomic mass is 9.99. The zero-order chi connectivity index (χ0) is 26.5. The Balaban J connectivity index is 1.43. The van der Waals surface area contributed by atoms with E-state index in [2.05, 4.69) is 15.5 Å². The summed E-state index contributed by atoms with van der Waals surface area (Å²) in [6, 6.07) is 21.0. The lowest BCUT2D eigenvalue weighted by molar-refractivity contribution is -0.384. The molecule has 0 radical (unpaired) electrons. The van der Waals surface area contributed by atoms with Crippen LogP contribution in [0, 0.1) is 10.1 Å². The van der Waals surface area contributed by atoms with Crippen molar-refractivity contribution in [2.75, 3.05) is 54.9 Å². The fourth-order valence-corrected chi connectivity index (χ4v) is 4.60. The van der Waals surface area contributed by atoms with E-state index in [1.54, 1.807) is 11.0 Å². The molecule has 0 unspecified atom stereocenters. The van der Waals surface area contributed by atoms with Crippen LogP contribution in [0.3, 0.4) is 0 Å². The summed E-state index contributed by atoms with van der Waals surface area (Å²) >= 11 is 0. The second-order valence-electron chi connectivity index (χ2n) is 8.98. The van der Waals surface area contributed by atoms with E-state index in [-0.39, 0.29) is 11.6 Å². The molecule has 194 valence electrons. The Morgan fingerprint density at radius 3 is 2.50 bits per heavy atom. The van der Waals surface area contributed by atoms with E-state index in [4.69, 9.17) is 4.74 Å². The number of carbonyl (C=O) groups excluding carboxylic acids is 2. The lowest BCUT2D eigenvalue weighted by Gasteiger charge is -2.28. The van der Waals surface area contributed by atoms with Gasteiger partial charge in [0.15, 0.2) is 0 Å². The van der Waals surface area contributed by atoms with Crippen molar-refractivity contribution >= 4 is 46.3 Å². The average molecular weight is 514 g/mol. The van der Waals surface area contributed by atoms with E-state index < -0.39 is 4.92 Å². The van der Waals surface area contributed by atoms with Crippen molar-refractivity contribution < 1.29 is 19.2 Å². The van der Waals surface area contributed by atoms with E-state index in [1.165, 1.54) is 12.1 Å². The van der Waals surface area contributed by atoms with Crippen LogP contribution in [0.15, 0.2) is 72.8 Å². The highest BCUT2D eigenvalue weighted by Crippen LogP contribution is 2.39. The van der Waals surface area contributed by atoms with Crippen LogP contribution >= 0.6 is 0 Å². The Morgan fingerprint density at radius 2 is 1.82 bits per heavy atom. The molecule has 0 saturated carbocycles. The van der Waals surface area contributed by atoms with E-state index in [0.29, 0.717) is 48.0 Å². The number of hydrogen-bond donors (Lipinski definition) is 2. The Labute approximate surface area is 219 Å². The van der Waals surface area contributed by atoms with Crippen molar-refractivity contribution in [3.8, 4) is 0 Å². The largest absolute Gasteiger partial charge is 0.379 e. The van der Waals surface area contributed by atoms with Crippen molar-refractivity contribution in [2.45, 2.75) is 0 Å². The zero-order valence-electron chi connectivity index (χ0n) is 20.6. The quantitative estimate of drug-likeness (QED) is 0.193. The molecule has 0 aliphatic carbocycles. The first-order valence-corrected chi connectivity index (χ1v) is 12.3. The molecule has 38 heavy (non-hydrogen) atoms. The van der Waals surface area contributed by atoms with Gasteiger partial charge < -0.3 is 20.3 Å². The van der Waals surface area contributed by atoms with Gasteiger partial charge in [0.2, 0.25) is 6.41 Å². The smallest absolute Gasteiger partial charge is 0.270 e. The molecule has 0 bridgehead atoms. The van der Waals surface area contributed by atoms with Crippen LogP contribution in [0.5, 0.6) is 0 Å². The maximum atomic E-state index is 13.1. The van der Waals surface area contributed by atoms with Crippen molar-refractivity contribution in [1.29, 1.82) is 0 Å². The number of nitro benzene ring substituents is 1. The molecular formula is C28H27N5O5. The van der Waals surface area contributed by atoms with Crippen LogP contribution in [0.1, 0.15) is 11.1 Å². The maximum Gasteiger partial charge on any atom is 0.270 e. The number of morpholine rings is 1. The van der Waals surface area contributed by atoms with Gasteiger partial charge in [0, 0.05) is 60.9 Å². The van der Waals surface area contributed by atoms with Gasteiger partial charge in [0.1, 0.15) is 0 Å². The summed E-state index contributed by atoms with van der Waals surface area (Å²) in [7, 11) is 0. The highest BCUT2D eigenvalue weighted by molar-refractivity contribution is 6.37. The minimum atomic E-state index is -0.479. The first-order chi connectivity index (χ1) is 18.5. The van der Waals surface area contributed by atoms with E-state index in [9.17, 15) is 19.7 Å². The standard InChI is InChI=1S/C28H27N5O5/c34-19-32(13-12-31-14-16-38-17-15-31)22-8-6-21(7-9-22)29-27(20-4-2-1-3-5-20)26-24-18-23(33(36)37)10-11-25(24)30-28(26)35/h1-11,18-19,29H,12-17H2,(H,30,35)/b27-26-. The Bertz CT molecular complexity index is 1370. The number of fused-ring (bicyclic) bond motifs is 1. The van der Waals surface area contributed by atoms with Gasteiger partial charge in [-0.05, 0) is 35.9 Å². The number of ether oxygens (including phenoxy) is 1. The number of carbonyl (C=O) groups is 2. The van der Waals surface area contributed by atoms with Crippen LogP contribution < -0.4 is 15.5 Å². The SMILES string of the molecule is O=CN(CCN1CCOCC1)c1ccc(N/C(=C2\C(=O)Nc3ccc([N+](=O)[O-])cc32)c2ccccc2)cc1. The van der Waals surface area contributed by atoms with Gasteiger partial charge >= 0.3 is 0 Å². The summed E-state index contributed by atoms with van der Waals surface area (Å²) in [6.07, 6.45) is 0.826. The molecular weight excluding hydrogens is 486 g/mol. The fraction of sp³-hybridized carbons (Fsp3) is 0.214. The van der Waals surface area contributed by atoms with Gasteiger partial charge in [0.05, 0.1) is 29.4 Å². The Kier molecular flexibility index (Phi) is 7.43. The summed E-state index contributed by atoms with van der Waals surface area (Å²) in [4.78, 5) is 39.7. The maximum absolute atomic E-state index is 13.1. The first-order valence-electron chi connectivity index (χ1n) is 12.3. The molecule has 1 fully saturated rings. The Morgan fingerprint density at radius 1 is 1.08 bits per heavy atom. The summed E-state index contributed by atoms with van der Waals surface area (Å²) in [6.45, 7) is 4.43. The summed E-state index contributed by atoms with van der Waals surface area (Å²) in [5.41, 5.74) is 3.93. The second-order valence-corrected chi connectivity index (χ2v) is 8.98. The molecule has 3 aromatic carbocycles. The predicted octanol–water partition coefficient (Wildman–Crippen LogP) is 3.82. The molecule has 2 N–H and O–H groups in total. The van der Waals surface area contributed by atoms with Crippen LogP contribution in [0.4, 0.5) is 22.7 Å². The lowest BCUT2D eigenvalue weighted by Crippen LogP contribution is -2.41. The van der Waals surface area contributed by atoms with Crippen molar-refractivity contribution in [1.82, 2.24) is 4.90 Å². The van der Waals surface area contributed by atoms with Crippen LogP contribution in [0.2, 0.25) is 0 Å². The number of anilines is 3. The van der Waals surface area contributed by atoms with Gasteiger partial charge in [-0.25, -0.2) is 0 Å². The second kappa shape index (κ2) is 11.2. The third kappa shape index (κ3) is 5.41. The number of hydrogen-bond acceptors (Lipinski definition) is 7. The van der Waals surface area contributed by atoms with Gasteiger partial charge in [0.25, 0.3) is 11.6 Å². The monoisotopic (exact) mass is 513 g/mol. The molecule has 2 aliphatic rings. The Hall–Kier alpha value is -4.54. The van der Waals surface area contributed by atoms with E-state index in [1.807, 2.05) is 54.6 Å². The molecule has 0 atom stereocenters. The molecule has 10 heteroatoms. The number of nitro groups is 1. The molecule has 2 aliphatic heterocycles. The highest BCUT2D eigenvalue weighted by atomic mass is 16.6.